The average Bonchev–Trinajstić information content (AvgIpc) is 3.31. The fraction of sp³-hybridized carbons (Fsp3) is 0.208. The molecule has 7 heteroatoms. The van der Waals surface area contributed by atoms with Crippen LogP contribution in [0.2, 0.25) is 0 Å². The zero-order chi connectivity index (χ0) is 21.9. The number of carbonyl (C=O) groups is 1. The van der Waals surface area contributed by atoms with Crippen LogP contribution in [0.1, 0.15) is 44.6 Å². The molecule has 1 unspecified atom stereocenters. The summed E-state index contributed by atoms with van der Waals surface area (Å²) in [7, 11) is 1.58. The summed E-state index contributed by atoms with van der Waals surface area (Å²) in [6.45, 7) is 5.63. The van der Waals surface area contributed by atoms with Crippen LogP contribution in [0.15, 0.2) is 56.2 Å². The summed E-state index contributed by atoms with van der Waals surface area (Å²) in [4.78, 5) is 28.5. The second kappa shape index (κ2) is 6.84. The largest absolute Gasteiger partial charge is 0.497 e. The summed E-state index contributed by atoms with van der Waals surface area (Å²) in [5, 5.41) is 4.48. The normalized spacial score (nSPS) is 15.5. The van der Waals surface area contributed by atoms with E-state index in [9.17, 15) is 9.59 Å². The van der Waals surface area contributed by atoms with E-state index in [0.29, 0.717) is 33.9 Å². The Morgan fingerprint density at radius 3 is 2.35 bits per heavy atom. The van der Waals surface area contributed by atoms with Crippen molar-refractivity contribution in [3.63, 3.8) is 0 Å². The van der Waals surface area contributed by atoms with Crippen LogP contribution in [0.4, 0.5) is 5.82 Å². The fourth-order valence-corrected chi connectivity index (χ4v) is 4.03. The first-order chi connectivity index (χ1) is 14.9. The van der Waals surface area contributed by atoms with Gasteiger partial charge in [0.2, 0.25) is 5.76 Å². The first kappa shape index (κ1) is 19.1. The molecule has 2 aromatic heterocycles. The van der Waals surface area contributed by atoms with Crippen LogP contribution >= 0.6 is 0 Å². The van der Waals surface area contributed by atoms with E-state index in [1.165, 1.54) is 4.90 Å². The van der Waals surface area contributed by atoms with Gasteiger partial charge in [-0.05, 0) is 61.7 Å². The topological polar surface area (TPSA) is 85.8 Å². The number of aromatic nitrogens is 1. The lowest BCUT2D eigenvalue weighted by Crippen LogP contribution is -2.29. The van der Waals surface area contributed by atoms with E-state index in [0.717, 1.165) is 16.7 Å². The number of fused-ring (bicyclic) bond motifs is 2. The highest BCUT2D eigenvalue weighted by atomic mass is 16.5. The Kier molecular flexibility index (Phi) is 4.22. The minimum Gasteiger partial charge on any atom is -0.497 e. The van der Waals surface area contributed by atoms with Gasteiger partial charge in [0.05, 0.1) is 24.1 Å². The van der Waals surface area contributed by atoms with Crippen LogP contribution in [-0.4, -0.2) is 18.2 Å². The Morgan fingerprint density at radius 2 is 1.71 bits per heavy atom. The van der Waals surface area contributed by atoms with Crippen molar-refractivity contribution in [2.24, 2.45) is 0 Å². The van der Waals surface area contributed by atoms with Crippen LogP contribution in [0.25, 0.3) is 11.0 Å². The van der Waals surface area contributed by atoms with Crippen molar-refractivity contribution in [2.75, 3.05) is 12.0 Å². The molecule has 156 valence electrons. The smallest absolute Gasteiger partial charge is 0.296 e. The number of benzene rings is 2. The lowest BCUT2D eigenvalue weighted by molar-refractivity contribution is 0.0969. The Bertz CT molecular complexity index is 1400. The Labute approximate surface area is 177 Å². The van der Waals surface area contributed by atoms with E-state index in [1.807, 2.05) is 32.0 Å². The summed E-state index contributed by atoms with van der Waals surface area (Å²) in [6, 6.07) is 11.8. The average molecular weight is 416 g/mol. The summed E-state index contributed by atoms with van der Waals surface area (Å²) in [5.41, 5.74) is 3.17. The molecule has 0 fully saturated rings. The third-order valence-corrected chi connectivity index (χ3v) is 5.78. The summed E-state index contributed by atoms with van der Waals surface area (Å²) in [6.07, 6.45) is 0. The molecule has 1 atom stereocenters. The van der Waals surface area contributed by atoms with Crippen LogP contribution in [0.3, 0.4) is 0 Å². The van der Waals surface area contributed by atoms with Crippen molar-refractivity contribution in [1.29, 1.82) is 0 Å². The van der Waals surface area contributed by atoms with Crippen LogP contribution in [-0.2, 0) is 0 Å². The molecule has 3 heterocycles. The molecule has 1 amide bonds. The molecule has 0 saturated carbocycles. The maximum absolute atomic E-state index is 13.6. The van der Waals surface area contributed by atoms with Crippen molar-refractivity contribution in [3.8, 4) is 5.75 Å². The SMILES string of the molecule is COc1ccc(C2c3c(oc4cc(C)c(C)cc4c3=O)C(=O)N2c2cc(C)on2)cc1. The van der Waals surface area contributed by atoms with E-state index in [-0.39, 0.29) is 11.2 Å². The second-order valence-corrected chi connectivity index (χ2v) is 7.75. The number of carbonyl (C=O) groups excluding carboxylic acids is 1. The molecule has 5 rings (SSSR count). The number of amides is 1. The minimum atomic E-state index is -0.694. The van der Waals surface area contributed by atoms with Crippen molar-refractivity contribution in [2.45, 2.75) is 26.8 Å². The molecule has 2 aromatic carbocycles. The maximum atomic E-state index is 13.6. The van der Waals surface area contributed by atoms with Gasteiger partial charge in [0.25, 0.3) is 5.91 Å². The van der Waals surface area contributed by atoms with Gasteiger partial charge in [-0.25, -0.2) is 0 Å². The quantitative estimate of drug-likeness (QED) is 0.490. The molecule has 1 aliphatic heterocycles. The molecular formula is C24H20N2O5. The van der Waals surface area contributed by atoms with Gasteiger partial charge >= 0.3 is 0 Å². The highest BCUT2D eigenvalue weighted by Crippen LogP contribution is 2.41. The van der Waals surface area contributed by atoms with Gasteiger partial charge in [-0.2, -0.15) is 0 Å². The molecule has 0 aliphatic carbocycles. The first-order valence-corrected chi connectivity index (χ1v) is 9.88. The van der Waals surface area contributed by atoms with Crippen molar-refractivity contribution in [1.82, 2.24) is 5.16 Å². The molecule has 0 saturated heterocycles. The second-order valence-electron chi connectivity index (χ2n) is 7.75. The minimum absolute atomic E-state index is 0.0298. The molecule has 31 heavy (non-hydrogen) atoms. The number of anilines is 1. The number of ether oxygens (including phenoxy) is 1. The van der Waals surface area contributed by atoms with Gasteiger partial charge in [0, 0.05) is 6.07 Å². The van der Waals surface area contributed by atoms with Gasteiger partial charge in [-0.15, -0.1) is 0 Å². The zero-order valence-electron chi connectivity index (χ0n) is 17.6. The lowest BCUT2D eigenvalue weighted by Gasteiger charge is -2.22. The predicted octanol–water partition coefficient (Wildman–Crippen LogP) is 4.46. The third-order valence-electron chi connectivity index (χ3n) is 5.78. The zero-order valence-corrected chi connectivity index (χ0v) is 17.6. The lowest BCUT2D eigenvalue weighted by atomic mass is 9.97. The maximum Gasteiger partial charge on any atom is 0.296 e. The number of aryl methyl sites for hydroxylation is 3. The van der Waals surface area contributed by atoms with Gasteiger partial charge in [0.1, 0.15) is 17.1 Å². The number of rotatable bonds is 3. The van der Waals surface area contributed by atoms with Gasteiger partial charge in [-0.3, -0.25) is 14.5 Å². The summed E-state index contributed by atoms with van der Waals surface area (Å²) >= 11 is 0. The molecule has 0 bridgehead atoms. The monoisotopic (exact) mass is 416 g/mol. The molecule has 4 aromatic rings. The Morgan fingerprint density at radius 1 is 1.00 bits per heavy atom. The number of hydrogen-bond acceptors (Lipinski definition) is 6. The van der Waals surface area contributed by atoms with Gasteiger partial charge in [0.15, 0.2) is 11.2 Å². The number of methoxy groups -OCH3 is 1. The number of nitrogens with zero attached hydrogens (tertiary/aromatic N) is 2. The van der Waals surface area contributed by atoms with E-state index in [2.05, 4.69) is 5.16 Å². The molecule has 0 radical (unpaired) electrons. The first-order valence-electron chi connectivity index (χ1n) is 9.88. The van der Waals surface area contributed by atoms with Crippen molar-refractivity contribution >= 4 is 22.7 Å². The van der Waals surface area contributed by atoms with E-state index >= 15 is 0 Å². The van der Waals surface area contributed by atoms with Crippen molar-refractivity contribution in [3.05, 3.63) is 86.5 Å². The van der Waals surface area contributed by atoms with E-state index in [4.69, 9.17) is 13.7 Å². The Hall–Kier alpha value is -3.87. The van der Waals surface area contributed by atoms with E-state index < -0.39 is 11.9 Å². The Balaban J connectivity index is 1.80. The summed E-state index contributed by atoms with van der Waals surface area (Å²) < 4.78 is 16.5. The van der Waals surface area contributed by atoms with Crippen LogP contribution in [0.5, 0.6) is 5.75 Å². The van der Waals surface area contributed by atoms with Gasteiger partial charge in [-0.1, -0.05) is 17.3 Å². The molecule has 7 nitrogen and oxygen atoms in total. The third kappa shape index (κ3) is 2.84. The highest BCUT2D eigenvalue weighted by molar-refractivity contribution is 6.10. The van der Waals surface area contributed by atoms with Crippen molar-refractivity contribution < 1.29 is 18.5 Å². The number of hydrogen-bond donors (Lipinski definition) is 0. The molecule has 1 aliphatic rings. The van der Waals surface area contributed by atoms with Gasteiger partial charge < -0.3 is 13.7 Å². The molecular weight excluding hydrogens is 396 g/mol. The predicted molar refractivity (Wildman–Crippen MR) is 115 cm³/mol. The molecule has 0 spiro atoms. The summed E-state index contributed by atoms with van der Waals surface area (Å²) in [5.74, 6) is 1.16. The highest BCUT2D eigenvalue weighted by Gasteiger charge is 2.44. The molecule has 0 N–H and O–H groups in total. The van der Waals surface area contributed by atoms with Crippen LogP contribution in [0, 0.1) is 20.8 Å². The van der Waals surface area contributed by atoms with Crippen LogP contribution < -0.4 is 15.1 Å². The standard InChI is InChI=1S/C24H20N2O5/c1-12-9-17-18(10-13(12)2)30-23-20(22(17)27)21(15-5-7-16(29-4)8-6-15)26(24(23)28)19-11-14(3)31-25-19/h5-11,21H,1-4H3. The fourth-order valence-electron chi connectivity index (χ4n) is 4.03. The van der Waals surface area contributed by atoms with E-state index in [1.54, 1.807) is 38.3 Å².